The van der Waals surface area contributed by atoms with Crippen LogP contribution in [0.4, 0.5) is 0 Å². The molecule has 1 aromatic carbocycles. The van der Waals surface area contributed by atoms with Crippen LogP contribution in [0.3, 0.4) is 0 Å². The van der Waals surface area contributed by atoms with Gasteiger partial charge in [0.2, 0.25) is 0 Å². The van der Waals surface area contributed by atoms with E-state index in [0.717, 1.165) is 0 Å². The van der Waals surface area contributed by atoms with Crippen molar-refractivity contribution in [3.8, 4) is 5.75 Å². The van der Waals surface area contributed by atoms with E-state index in [9.17, 15) is 14.4 Å². The zero-order valence-corrected chi connectivity index (χ0v) is 10.1. The second-order valence-corrected chi connectivity index (χ2v) is 4.31. The highest BCUT2D eigenvalue weighted by Crippen LogP contribution is 2.22. The maximum Gasteiger partial charge on any atom is 0.180 e. The SMILES string of the molecule is COc1ccc(C(=O)C2C(=O)CCCC2=O)cc1. The first-order chi connectivity index (χ1) is 8.63. The standard InChI is InChI=1S/C14H14O4/c1-18-10-7-5-9(6-8-10)14(17)13-11(15)3-2-4-12(13)16/h5-8,13H,2-4H2,1H3. The van der Waals surface area contributed by atoms with E-state index in [1.165, 1.54) is 7.11 Å². The monoisotopic (exact) mass is 246 g/mol. The van der Waals surface area contributed by atoms with Gasteiger partial charge >= 0.3 is 0 Å². The third kappa shape index (κ3) is 2.32. The molecule has 0 saturated heterocycles. The molecule has 1 aromatic rings. The Balaban J connectivity index is 2.23. The molecule has 0 heterocycles. The van der Waals surface area contributed by atoms with Gasteiger partial charge in [0.1, 0.15) is 11.7 Å². The van der Waals surface area contributed by atoms with Gasteiger partial charge in [-0.2, -0.15) is 0 Å². The third-order valence-corrected chi connectivity index (χ3v) is 3.13. The van der Waals surface area contributed by atoms with Crippen LogP contribution in [0.1, 0.15) is 29.6 Å². The van der Waals surface area contributed by atoms with Gasteiger partial charge in [-0.1, -0.05) is 0 Å². The Morgan fingerprint density at radius 2 is 1.67 bits per heavy atom. The summed E-state index contributed by atoms with van der Waals surface area (Å²) >= 11 is 0. The van der Waals surface area contributed by atoms with Crippen LogP contribution >= 0.6 is 0 Å². The molecule has 0 amide bonds. The predicted octanol–water partition coefficient (Wildman–Crippen LogP) is 1.82. The third-order valence-electron chi connectivity index (χ3n) is 3.13. The van der Waals surface area contributed by atoms with Gasteiger partial charge in [-0.05, 0) is 30.7 Å². The highest BCUT2D eigenvalue weighted by atomic mass is 16.5. The number of carbonyl (C=O) groups is 3. The van der Waals surface area contributed by atoms with Gasteiger partial charge in [0, 0.05) is 18.4 Å². The Bertz CT molecular complexity index is 471. The van der Waals surface area contributed by atoms with Crippen molar-refractivity contribution in [2.45, 2.75) is 19.3 Å². The zero-order chi connectivity index (χ0) is 13.1. The van der Waals surface area contributed by atoms with Gasteiger partial charge < -0.3 is 4.74 Å². The van der Waals surface area contributed by atoms with E-state index in [0.29, 0.717) is 30.6 Å². The molecule has 18 heavy (non-hydrogen) atoms. The summed E-state index contributed by atoms with van der Waals surface area (Å²) in [6.45, 7) is 0. The molecule has 0 aromatic heterocycles. The Hall–Kier alpha value is -1.97. The van der Waals surface area contributed by atoms with Crippen LogP contribution in [0, 0.1) is 5.92 Å². The van der Waals surface area contributed by atoms with Crippen LogP contribution in [-0.2, 0) is 9.59 Å². The summed E-state index contributed by atoms with van der Waals surface area (Å²) in [6.07, 6.45) is 1.20. The lowest BCUT2D eigenvalue weighted by Crippen LogP contribution is -2.35. The predicted molar refractivity (Wildman–Crippen MR) is 64.7 cm³/mol. The molecule has 1 saturated carbocycles. The summed E-state index contributed by atoms with van der Waals surface area (Å²) < 4.78 is 4.99. The number of ether oxygens (including phenoxy) is 1. The second kappa shape index (κ2) is 5.12. The first kappa shape index (κ1) is 12.5. The number of methoxy groups -OCH3 is 1. The largest absolute Gasteiger partial charge is 0.497 e. The number of Topliss-reactive ketones (excluding diaryl/α,β-unsaturated/α-hetero) is 3. The molecule has 0 spiro atoms. The normalized spacial score (nSPS) is 16.7. The average molecular weight is 246 g/mol. The van der Waals surface area contributed by atoms with Crippen molar-refractivity contribution >= 4 is 17.3 Å². The molecule has 1 aliphatic rings. The summed E-state index contributed by atoms with van der Waals surface area (Å²) in [5.74, 6) is -1.37. The van der Waals surface area contributed by atoms with Crippen LogP contribution < -0.4 is 4.74 Å². The van der Waals surface area contributed by atoms with Gasteiger partial charge in [-0.3, -0.25) is 14.4 Å². The minimum Gasteiger partial charge on any atom is -0.497 e. The van der Waals surface area contributed by atoms with Crippen molar-refractivity contribution in [2.24, 2.45) is 5.92 Å². The van der Waals surface area contributed by atoms with Crippen molar-refractivity contribution in [3.63, 3.8) is 0 Å². The average Bonchev–Trinajstić information content (AvgIpc) is 2.38. The van der Waals surface area contributed by atoms with Crippen molar-refractivity contribution in [1.82, 2.24) is 0 Å². The van der Waals surface area contributed by atoms with Crippen LogP contribution in [0.25, 0.3) is 0 Å². The van der Waals surface area contributed by atoms with Crippen LogP contribution in [-0.4, -0.2) is 24.5 Å². The molecule has 1 fully saturated rings. The molecule has 0 radical (unpaired) electrons. The van der Waals surface area contributed by atoms with Gasteiger partial charge in [0.05, 0.1) is 7.11 Å². The van der Waals surface area contributed by atoms with Gasteiger partial charge in [0.25, 0.3) is 0 Å². The van der Waals surface area contributed by atoms with Crippen molar-refractivity contribution < 1.29 is 19.1 Å². The van der Waals surface area contributed by atoms with E-state index < -0.39 is 11.7 Å². The molecule has 4 nitrogen and oxygen atoms in total. The number of carbonyl (C=O) groups excluding carboxylic acids is 3. The topological polar surface area (TPSA) is 60.4 Å². The smallest absolute Gasteiger partial charge is 0.180 e. The van der Waals surface area contributed by atoms with Crippen LogP contribution in [0.15, 0.2) is 24.3 Å². The number of ketones is 3. The van der Waals surface area contributed by atoms with E-state index in [1.807, 2.05) is 0 Å². The molecule has 94 valence electrons. The summed E-state index contributed by atoms with van der Waals surface area (Å²) in [4.78, 5) is 35.5. The Kier molecular flexibility index (Phi) is 3.55. The molecule has 4 heteroatoms. The summed E-state index contributed by atoms with van der Waals surface area (Å²) in [5, 5.41) is 0. The quantitative estimate of drug-likeness (QED) is 0.603. The fraction of sp³-hybridized carbons (Fsp3) is 0.357. The van der Waals surface area contributed by atoms with Crippen LogP contribution in [0.5, 0.6) is 5.75 Å². The molecular formula is C14H14O4. The van der Waals surface area contributed by atoms with E-state index >= 15 is 0 Å². The molecule has 2 rings (SSSR count). The molecule has 0 atom stereocenters. The lowest BCUT2D eigenvalue weighted by Gasteiger charge is -2.18. The van der Waals surface area contributed by atoms with Crippen LogP contribution in [0.2, 0.25) is 0 Å². The lowest BCUT2D eigenvalue weighted by molar-refractivity contribution is -0.133. The fourth-order valence-corrected chi connectivity index (χ4v) is 2.12. The van der Waals surface area contributed by atoms with Gasteiger partial charge in [0.15, 0.2) is 17.3 Å². The summed E-state index contributed by atoms with van der Waals surface area (Å²) in [7, 11) is 1.53. The van der Waals surface area contributed by atoms with E-state index in [-0.39, 0.29) is 11.6 Å². The highest BCUT2D eigenvalue weighted by molar-refractivity contribution is 6.25. The molecule has 0 aliphatic heterocycles. The van der Waals surface area contributed by atoms with Gasteiger partial charge in [-0.25, -0.2) is 0 Å². The number of hydrogen-bond acceptors (Lipinski definition) is 4. The first-order valence-electron chi connectivity index (χ1n) is 5.87. The maximum absolute atomic E-state index is 12.1. The van der Waals surface area contributed by atoms with E-state index in [2.05, 4.69) is 0 Å². The van der Waals surface area contributed by atoms with Crippen molar-refractivity contribution in [1.29, 1.82) is 0 Å². The minimum atomic E-state index is -1.09. The van der Waals surface area contributed by atoms with Gasteiger partial charge in [-0.15, -0.1) is 0 Å². The molecule has 0 unspecified atom stereocenters. The number of rotatable bonds is 3. The lowest BCUT2D eigenvalue weighted by atomic mass is 9.82. The highest BCUT2D eigenvalue weighted by Gasteiger charge is 2.36. The number of hydrogen-bond donors (Lipinski definition) is 0. The summed E-state index contributed by atoms with van der Waals surface area (Å²) in [5.41, 5.74) is 0.379. The minimum absolute atomic E-state index is 0.257. The molecule has 1 aliphatic carbocycles. The molecule has 0 N–H and O–H groups in total. The van der Waals surface area contributed by atoms with Crippen molar-refractivity contribution in [2.75, 3.05) is 7.11 Å². The maximum atomic E-state index is 12.1. The van der Waals surface area contributed by atoms with Crippen molar-refractivity contribution in [3.05, 3.63) is 29.8 Å². The Morgan fingerprint density at radius 1 is 1.11 bits per heavy atom. The molecular weight excluding hydrogens is 232 g/mol. The fourth-order valence-electron chi connectivity index (χ4n) is 2.12. The van der Waals surface area contributed by atoms with E-state index in [4.69, 9.17) is 4.74 Å². The van der Waals surface area contributed by atoms with E-state index in [1.54, 1.807) is 24.3 Å². The first-order valence-corrected chi connectivity index (χ1v) is 5.87. The summed E-state index contributed by atoms with van der Waals surface area (Å²) in [6, 6.07) is 6.45. The number of benzene rings is 1. The molecule has 0 bridgehead atoms. The Labute approximate surface area is 105 Å². The second-order valence-electron chi connectivity index (χ2n) is 4.31. The zero-order valence-electron chi connectivity index (χ0n) is 10.1. The Morgan fingerprint density at radius 3 is 2.17 bits per heavy atom.